The number of amides is 1. The molecule has 0 spiro atoms. The van der Waals surface area contributed by atoms with Crippen molar-refractivity contribution in [2.24, 2.45) is 4.99 Å². The van der Waals surface area contributed by atoms with Gasteiger partial charge in [-0.1, -0.05) is 24.3 Å². The minimum Gasteiger partial charge on any atom is -0.484 e. The molecule has 0 heterocycles. The van der Waals surface area contributed by atoms with E-state index < -0.39 is 11.7 Å². The van der Waals surface area contributed by atoms with Crippen molar-refractivity contribution in [3.05, 3.63) is 65.2 Å². The summed E-state index contributed by atoms with van der Waals surface area (Å²) < 4.78 is 44.1. The van der Waals surface area contributed by atoms with Crippen LogP contribution in [0.3, 0.4) is 0 Å². The molecule has 3 rings (SSSR count). The van der Waals surface area contributed by atoms with Crippen molar-refractivity contribution < 1.29 is 22.7 Å². The molecule has 2 aromatic rings. The van der Waals surface area contributed by atoms with Crippen LogP contribution in [-0.4, -0.2) is 31.6 Å². The van der Waals surface area contributed by atoms with Crippen molar-refractivity contribution >= 4 is 11.9 Å². The maximum absolute atomic E-state index is 12.8. The fraction of sp³-hybridized carbons (Fsp3) is 0.364. The van der Waals surface area contributed by atoms with Gasteiger partial charge in [-0.15, -0.1) is 0 Å². The SMILES string of the molecule is CN=C(NCc1cccc(OCC(=O)NC2CC2)c1)NCc1cccc(C(F)(F)F)c1. The largest absolute Gasteiger partial charge is 0.484 e. The molecule has 0 radical (unpaired) electrons. The zero-order valence-electron chi connectivity index (χ0n) is 17.1. The van der Waals surface area contributed by atoms with E-state index in [1.807, 2.05) is 18.2 Å². The molecule has 0 aliphatic heterocycles. The molecule has 9 heteroatoms. The fourth-order valence-corrected chi connectivity index (χ4v) is 2.84. The third kappa shape index (κ3) is 7.51. The Kier molecular flexibility index (Phi) is 7.38. The third-order valence-electron chi connectivity index (χ3n) is 4.61. The molecule has 0 unspecified atom stereocenters. The summed E-state index contributed by atoms with van der Waals surface area (Å²) in [7, 11) is 1.58. The minimum atomic E-state index is -4.37. The number of rotatable bonds is 8. The Hall–Kier alpha value is -3.23. The fourth-order valence-electron chi connectivity index (χ4n) is 2.84. The Morgan fingerprint density at radius 3 is 2.32 bits per heavy atom. The summed E-state index contributed by atoms with van der Waals surface area (Å²) in [5.74, 6) is 0.898. The van der Waals surface area contributed by atoms with E-state index in [0.717, 1.165) is 30.5 Å². The van der Waals surface area contributed by atoms with Crippen LogP contribution in [0.4, 0.5) is 13.2 Å². The summed E-state index contributed by atoms with van der Waals surface area (Å²) in [5, 5.41) is 8.97. The number of alkyl halides is 3. The van der Waals surface area contributed by atoms with E-state index in [9.17, 15) is 18.0 Å². The summed E-state index contributed by atoms with van der Waals surface area (Å²) in [4.78, 5) is 15.8. The molecule has 31 heavy (non-hydrogen) atoms. The molecule has 3 N–H and O–H groups in total. The molecular formula is C22H25F3N4O2. The number of aliphatic imine (C=N–C) groups is 1. The summed E-state index contributed by atoms with van der Waals surface area (Å²) in [6.07, 6.45) is -2.33. The molecule has 1 saturated carbocycles. The third-order valence-corrected chi connectivity index (χ3v) is 4.61. The van der Waals surface area contributed by atoms with Crippen molar-refractivity contribution in [2.45, 2.75) is 38.1 Å². The first-order valence-corrected chi connectivity index (χ1v) is 9.95. The number of nitrogens with zero attached hydrogens (tertiary/aromatic N) is 1. The van der Waals surface area contributed by atoms with Gasteiger partial charge in [0.05, 0.1) is 5.56 Å². The van der Waals surface area contributed by atoms with Crippen LogP contribution in [-0.2, 0) is 24.1 Å². The number of ether oxygens (including phenoxy) is 1. The van der Waals surface area contributed by atoms with Gasteiger partial charge in [-0.05, 0) is 48.2 Å². The maximum Gasteiger partial charge on any atom is 0.416 e. The Labute approximate surface area is 178 Å². The summed E-state index contributed by atoms with van der Waals surface area (Å²) in [6.45, 7) is 0.587. The summed E-state index contributed by atoms with van der Waals surface area (Å²) in [5.41, 5.74) is 0.720. The number of carbonyl (C=O) groups excluding carboxylic acids is 1. The maximum atomic E-state index is 12.8. The molecule has 0 atom stereocenters. The highest BCUT2D eigenvalue weighted by Crippen LogP contribution is 2.29. The highest BCUT2D eigenvalue weighted by Gasteiger charge is 2.30. The first-order chi connectivity index (χ1) is 14.8. The monoisotopic (exact) mass is 434 g/mol. The highest BCUT2D eigenvalue weighted by molar-refractivity contribution is 5.79. The first kappa shape index (κ1) is 22.5. The quantitative estimate of drug-likeness (QED) is 0.441. The molecule has 2 aromatic carbocycles. The predicted octanol–water partition coefficient (Wildman–Crippen LogP) is 3.23. The van der Waals surface area contributed by atoms with Crippen LogP contribution in [0.25, 0.3) is 0 Å². The Bertz CT molecular complexity index is 927. The van der Waals surface area contributed by atoms with Gasteiger partial charge >= 0.3 is 6.18 Å². The van der Waals surface area contributed by atoms with Crippen LogP contribution in [0, 0.1) is 0 Å². The molecule has 1 aliphatic rings. The summed E-state index contributed by atoms with van der Waals surface area (Å²) >= 11 is 0. The zero-order chi connectivity index (χ0) is 22.3. The summed E-state index contributed by atoms with van der Waals surface area (Å²) in [6, 6.07) is 12.8. The molecule has 1 fully saturated rings. The number of halogens is 3. The molecule has 0 saturated heterocycles. The number of hydrogen-bond donors (Lipinski definition) is 3. The standard InChI is InChI=1S/C22H25F3N4O2/c1-26-21(27-12-15-4-2-6-17(10-15)22(23,24)25)28-13-16-5-3-7-19(11-16)31-14-20(30)29-18-8-9-18/h2-7,10-11,18H,8-9,12-14H2,1H3,(H,29,30)(H2,26,27,28). The molecule has 1 aliphatic carbocycles. The second kappa shape index (κ2) is 10.2. The van der Waals surface area contributed by atoms with Crippen molar-refractivity contribution in [1.82, 2.24) is 16.0 Å². The first-order valence-electron chi connectivity index (χ1n) is 9.95. The van der Waals surface area contributed by atoms with Crippen LogP contribution in [0.15, 0.2) is 53.5 Å². The van der Waals surface area contributed by atoms with Crippen molar-refractivity contribution in [3.63, 3.8) is 0 Å². The van der Waals surface area contributed by atoms with Gasteiger partial charge in [-0.25, -0.2) is 0 Å². The highest BCUT2D eigenvalue weighted by atomic mass is 19.4. The van der Waals surface area contributed by atoms with Crippen LogP contribution in [0.5, 0.6) is 5.75 Å². The lowest BCUT2D eigenvalue weighted by atomic mass is 10.1. The van der Waals surface area contributed by atoms with Crippen molar-refractivity contribution in [3.8, 4) is 5.75 Å². The smallest absolute Gasteiger partial charge is 0.416 e. The average Bonchev–Trinajstić information content (AvgIpc) is 3.56. The zero-order valence-corrected chi connectivity index (χ0v) is 17.1. The lowest BCUT2D eigenvalue weighted by molar-refractivity contribution is -0.137. The van der Waals surface area contributed by atoms with Gasteiger partial charge in [0.25, 0.3) is 5.91 Å². The van der Waals surface area contributed by atoms with Gasteiger partial charge in [0.2, 0.25) is 0 Å². The normalized spacial score (nSPS) is 14.1. The van der Waals surface area contributed by atoms with Gasteiger partial charge in [0.15, 0.2) is 12.6 Å². The van der Waals surface area contributed by atoms with Gasteiger partial charge in [-0.2, -0.15) is 13.2 Å². The number of nitrogens with one attached hydrogen (secondary N) is 3. The van der Waals surface area contributed by atoms with Gasteiger partial charge in [0, 0.05) is 26.2 Å². The lowest BCUT2D eigenvalue weighted by Crippen LogP contribution is -2.36. The van der Waals surface area contributed by atoms with Crippen molar-refractivity contribution in [2.75, 3.05) is 13.7 Å². The van der Waals surface area contributed by atoms with E-state index >= 15 is 0 Å². The topological polar surface area (TPSA) is 74.8 Å². The Balaban J connectivity index is 1.47. The van der Waals surface area contributed by atoms with Crippen LogP contribution < -0.4 is 20.7 Å². The van der Waals surface area contributed by atoms with E-state index in [4.69, 9.17) is 4.74 Å². The van der Waals surface area contributed by atoms with E-state index in [1.54, 1.807) is 19.2 Å². The van der Waals surface area contributed by atoms with Crippen LogP contribution in [0.1, 0.15) is 29.5 Å². The average molecular weight is 434 g/mol. The van der Waals surface area contributed by atoms with Gasteiger partial charge < -0.3 is 20.7 Å². The molecular weight excluding hydrogens is 409 g/mol. The molecule has 0 aromatic heterocycles. The van der Waals surface area contributed by atoms with E-state index in [1.165, 1.54) is 6.07 Å². The molecule has 166 valence electrons. The van der Waals surface area contributed by atoms with Crippen LogP contribution in [0.2, 0.25) is 0 Å². The van der Waals surface area contributed by atoms with E-state index in [-0.39, 0.29) is 19.1 Å². The lowest BCUT2D eigenvalue weighted by Gasteiger charge is -2.14. The minimum absolute atomic E-state index is 0.0341. The van der Waals surface area contributed by atoms with Gasteiger partial charge in [-0.3, -0.25) is 9.79 Å². The Morgan fingerprint density at radius 1 is 1.06 bits per heavy atom. The molecule has 0 bridgehead atoms. The van der Waals surface area contributed by atoms with E-state index in [0.29, 0.717) is 29.9 Å². The number of hydrogen-bond acceptors (Lipinski definition) is 3. The van der Waals surface area contributed by atoms with Crippen molar-refractivity contribution in [1.29, 1.82) is 0 Å². The number of guanidine groups is 1. The van der Waals surface area contributed by atoms with Crippen LogP contribution >= 0.6 is 0 Å². The Morgan fingerprint density at radius 2 is 1.71 bits per heavy atom. The molecule has 1 amide bonds. The second-order valence-electron chi connectivity index (χ2n) is 7.26. The van der Waals surface area contributed by atoms with E-state index in [2.05, 4.69) is 20.9 Å². The number of benzene rings is 2. The second-order valence-corrected chi connectivity index (χ2v) is 7.26. The predicted molar refractivity (Wildman–Crippen MR) is 112 cm³/mol. The van der Waals surface area contributed by atoms with Gasteiger partial charge in [0.1, 0.15) is 5.75 Å². The molecule has 6 nitrogen and oxygen atoms in total. The number of carbonyl (C=O) groups is 1.